The minimum Gasteiger partial charge on any atom is -0.303 e. The van der Waals surface area contributed by atoms with Gasteiger partial charge in [0.1, 0.15) is 6.29 Å². The summed E-state index contributed by atoms with van der Waals surface area (Å²) in [5.41, 5.74) is 0.289. The van der Waals surface area contributed by atoms with Crippen molar-refractivity contribution in [3.05, 3.63) is 30.3 Å². The van der Waals surface area contributed by atoms with Crippen LogP contribution in [0.25, 0.3) is 0 Å². The van der Waals surface area contributed by atoms with E-state index in [-0.39, 0.29) is 10.8 Å². The van der Waals surface area contributed by atoms with Gasteiger partial charge in [0.15, 0.2) is 0 Å². The Kier molecular flexibility index (Phi) is 4.30. The molecule has 0 amide bonds. The maximum Gasteiger partial charge on any atom is 0.126 e. The lowest BCUT2D eigenvalue weighted by atomic mass is 9.58. The van der Waals surface area contributed by atoms with E-state index in [0.29, 0.717) is 5.25 Å². The van der Waals surface area contributed by atoms with Crippen LogP contribution in [0.3, 0.4) is 0 Å². The molecular formula is C21H28OS. The van der Waals surface area contributed by atoms with E-state index in [2.05, 4.69) is 42.1 Å². The Morgan fingerprint density at radius 3 is 2.43 bits per heavy atom. The normalized spacial score (nSPS) is 37.7. The third-order valence-electron chi connectivity index (χ3n) is 7.15. The second-order valence-corrected chi connectivity index (χ2v) is 9.24. The van der Waals surface area contributed by atoms with Crippen molar-refractivity contribution in [1.29, 1.82) is 0 Å². The quantitative estimate of drug-likeness (QED) is 0.642. The summed E-state index contributed by atoms with van der Waals surface area (Å²) in [5, 5.41) is 0.640. The van der Waals surface area contributed by atoms with E-state index in [1.807, 2.05) is 0 Å². The van der Waals surface area contributed by atoms with Crippen molar-refractivity contribution in [2.24, 2.45) is 16.7 Å². The second kappa shape index (κ2) is 6.27. The molecule has 1 aromatic carbocycles. The van der Waals surface area contributed by atoms with Gasteiger partial charge in [-0.05, 0) is 62.0 Å². The first kappa shape index (κ1) is 15.7. The van der Waals surface area contributed by atoms with Crippen LogP contribution < -0.4 is 0 Å². The van der Waals surface area contributed by atoms with E-state index in [4.69, 9.17) is 0 Å². The van der Waals surface area contributed by atoms with Crippen LogP contribution in [0.1, 0.15) is 64.2 Å². The number of fused-ring (bicyclic) bond motifs is 1. The van der Waals surface area contributed by atoms with Crippen molar-refractivity contribution < 1.29 is 4.79 Å². The first-order valence-corrected chi connectivity index (χ1v) is 10.4. The summed E-state index contributed by atoms with van der Waals surface area (Å²) in [4.78, 5) is 13.6. The molecular weight excluding hydrogens is 300 g/mol. The molecule has 3 atom stereocenters. The van der Waals surface area contributed by atoms with Crippen molar-refractivity contribution in [2.45, 2.75) is 74.4 Å². The lowest BCUT2D eigenvalue weighted by molar-refractivity contribution is -0.123. The number of hydrogen-bond acceptors (Lipinski definition) is 2. The summed E-state index contributed by atoms with van der Waals surface area (Å²) in [6.07, 6.45) is 14.4. The molecule has 0 aromatic heterocycles. The van der Waals surface area contributed by atoms with Gasteiger partial charge in [-0.3, -0.25) is 0 Å². The predicted octanol–water partition coefficient (Wildman–Crippen LogP) is 5.88. The molecule has 0 radical (unpaired) electrons. The van der Waals surface area contributed by atoms with Crippen LogP contribution >= 0.6 is 11.8 Å². The zero-order valence-electron chi connectivity index (χ0n) is 14.0. The number of carbonyl (C=O) groups is 1. The van der Waals surface area contributed by atoms with Crippen molar-refractivity contribution in [3.63, 3.8) is 0 Å². The standard InChI is InChI=1S/C21H28OS/c22-16-20-13-7-14-21(20,17-8-3-1-4-9-17)19(12-15-20)23-18-10-5-2-6-11-18/h2,5-6,10-11,16-17,19H,1,3-4,7-9,12-15H2/t19-,20+,21+/m0/s1. The molecule has 3 aliphatic rings. The minimum atomic E-state index is 0.00144. The van der Waals surface area contributed by atoms with Crippen molar-refractivity contribution >= 4 is 18.0 Å². The van der Waals surface area contributed by atoms with Gasteiger partial charge in [-0.15, -0.1) is 11.8 Å². The Morgan fingerprint density at radius 2 is 1.70 bits per heavy atom. The molecule has 0 heterocycles. The number of aldehydes is 1. The molecule has 0 saturated heterocycles. The van der Waals surface area contributed by atoms with Gasteiger partial charge in [-0.25, -0.2) is 0 Å². The van der Waals surface area contributed by atoms with E-state index < -0.39 is 0 Å². The lowest BCUT2D eigenvalue weighted by Crippen LogP contribution is -2.46. The summed E-state index contributed by atoms with van der Waals surface area (Å²) in [6.45, 7) is 0. The predicted molar refractivity (Wildman–Crippen MR) is 96.7 cm³/mol. The van der Waals surface area contributed by atoms with Gasteiger partial charge in [0, 0.05) is 15.6 Å². The van der Waals surface area contributed by atoms with Gasteiger partial charge in [0.2, 0.25) is 0 Å². The van der Waals surface area contributed by atoms with Crippen molar-refractivity contribution in [2.75, 3.05) is 0 Å². The molecule has 3 aliphatic carbocycles. The molecule has 2 heteroatoms. The molecule has 1 nitrogen and oxygen atoms in total. The van der Waals surface area contributed by atoms with E-state index in [9.17, 15) is 4.79 Å². The molecule has 0 N–H and O–H groups in total. The molecule has 23 heavy (non-hydrogen) atoms. The average molecular weight is 329 g/mol. The molecule has 1 aromatic rings. The molecule has 0 aliphatic heterocycles. The fourth-order valence-electron chi connectivity index (χ4n) is 6.21. The molecule has 0 unspecified atom stereocenters. The van der Waals surface area contributed by atoms with Gasteiger partial charge in [-0.2, -0.15) is 0 Å². The van der Waals surface area contributed by atoms with Gasteiger partial charge < -0.3 is 4.79 Å². The smallest absolute Gasteiger partial charge is 0.126 e. The summed E-state index contributed by atoms with van der Waals surface area (Å²) in [7, 11) is 0. The van der Waals surface area contributed by atoms with Crippen LogP contribution in [0.15, 0.2) is 35.2 Å². The van der Waals surface area contributed by atoms with Gasteiger partial charge >= 0.3 is 0 Å². The Bertz CT molecular complexity index is 550. The molecule has 4 rings (SSSR count). The summed E-state index contributed by atoms with van der Waals surface area (Å²) >= 11 is 2.08. The Balaban J connectivity index is 1.69. The van der Waals surface area contributed by atoms with E-state index >= 15 is 0 Å². The highest BCUT2D eigenvalue weighted by atomic mass is 32.2. The zero-order valence-corrected chi connectivity index (χ0v) is 14.8. The molecule has 0 bridgehead atoms. The topological polar surface area (TPSA) is 17.1 Å². The number of carbonyl (C=O) groups excluding carboxylic acids is 1. The van der Waals surface area contributed by atoms with Crippen LogP contribution in [0.2, 0.25) is 0 Å². The van der Waals surface area contributed by atoms with Crippen LogP contribution in [-0.4, -0.2) is 11.5 Å². The van der Waals surface area contributed by atoms with Crippen LogP contribution in [0.4, 0.5) is 0 Å². The number of thioether (sulfide) groups is 1. The SMILES string of the molecule is O=C[C@]12CCC[C@@]1(C1CCCCC1)[C@@H](Sc1ccccc1)CC2. The summed E-state index contributed by atoms with van der Waals surface area (Å²) in [6, 6.07) is 10.9. The molecule has 0 spiro atoms. The van der Waals surface area contributed by atoms with Crippen molar-refractivity contribution in [3.8, 4) is 0 Å². The highest BCUT2D eigenvalue weighted by Gasteiger charge is 2.65. The van der Waals surface area contributed by atoms with Gasteiger partial charge in [0.05, 0.1) is 0 Å². The molecule has 3 saturated carbocycles. The number of rotatable bonds is 4. The third-order valence-corrected chi connectivity index (χ3v) is 8.63. The Hall–Kier alpha value is -0.760. The highest BCUT2D eigenvalue weighted by molar-refractivity contribution is 8.00. The van der Waals surface area contributed by atoms with Crippen LogP contribution in [0.5, 0.6) is 0 Å². The summed E-state index contributed by atoms with van der Waals surface area (Å²) < 4.78 is 0. The van der Waals surface area contributed by atoms with E-state index in [1.54, 1.807) is 0 Å². The second-order valence-electron chi connectivity index (χ2n) is 7.96. The summed E-state index contributed by atoms with van der Waals surface area (Å²) in [5.74, 6) is 0.785. The Morgan fingerprint density at radius 1 is 0.913 bits per heavy atom. The first-order valence-electron chi connectivity index (χ1n) is 9.49. The van der Waals surface area contributed by atoms with Crippen LogP contribution in [0, 0.1) is 16.7 Å². The number of hydrogen-bond donors (Lipinski definition) is 0. The molecule has 3 fully saturated rings. The zero-order chi connectivity index (χ0) is 15.8. The maximum atomic E-state index is 12.2. The fourth-order valence-corrected chi connectivity index (χ4v) is 7.84. The largest absolute Gasteiger partial charge is 0.303 e. The highest BCUT2D eigenvalue weighted by Crippen LogP contribution is 2.70. The minimum absolute atomic E-state index is 0.00144. The first-order chi connectivity index (χ1) is 11.3. The van der Waals surface area contributed by atoms with E-state index in [0.717, 1.165) is 18.8 Å². The fraction of sp³-hybridized carbons (Fsp3) is 0.667. The monoisotopic (exact) mass is 328 g/mol. The van der Waals surface area contributed by atoms with Gasteiger partial charge in [-0.1, -0.05) is 43.9 Å². The molecule has 124 valence electrons. The third kappa shape index (κ3) is 2.40. The number of benzene rings is 1. The Labute approximate surface area is 144 Å². The van der Waals surface area contributed by atoms with E-state index in [1.165, 1.54) is 62.5 Å². The van der Waals surface area contributed by atoms with Gasteiger partial charge in [0.25, 0.3) is 0 Å². The van der Waals surface area contributed by atoms with Crippen molar-refractivity contribution in [1.82, 2.24) is 0 Å². The lowest BCUT2D eigenvalue weighted by Gasteiger charge is -2.48. The van der Waals surface area contributed by atoms with Crippen LogP contribution in [-0.2, 0) is 4.79 Å². The average Bonchev–Trinajstić information content (AvgIpc) is 3.13. The maximum absolute atomic E-state index is 12.2.